The third kappa shape index (κ3) is 6.55. The van der Waals surface area contributed by atoms with Crippen molar-refractivity contribution < 1.29 is 19.2 Å². The van der Waals surface area contributed by atoms with E-state index in [1.54, 1.807) is 4.90 Å². The molecule has 0 aromatic heterocycles. The van der Waals surface area contributed by atoms with Gasteiger partial charge in [-0.05, 0) is 56.7 Å². The molecule has 1 aliphatic carbocycles. The molecule has 1 saturated carbocycles. The van der Waals surface area contributed by atoms with E-state index < -0.39 is 6.03 Å². The third-order valence-corrected chi connectivity index (χ3v) is 6.41. The summed E-state index contributed by atoms with van der Waals surface area (Å²) in [5.41, 5.74) is 1.73. The second kappa shape index (κ2) is 11.8. The Kier molecular flexibility index (Phi) is 8.86. The highest BCUT2D eigenvalue weighted by Crippen LogP contribution is 2.34. The van der Waals surface area contributed by atoms with Crippen LogP contribution >= 0.6 is 0 Å². The van der Waals surface area contributed by atoms with Gasteiger partial charge in [0.05, 0.1) is 5.92 Å². The fourth-order valence-corrected chi connectivity index (χ4v) is 4.74. The van der Waals surface area contributed by atoms with E-state index in [9.17, 15) is 19.2 Å². The van der Waals surface area contributed by atoms with Crippen LogP contribution in [0, 0.1) is 12.8 Å². The maximum atomic E-state index is 13.3. The van der Waals surface area contributed by atoms with E-state index in [4.69, 9.17) is 0 Å². The zero-order chi connectivity index (χ0) is 23.8. The summed E-state index contributed by atoms with van der Waals surface area (Å²) in [5.74, 6) is -0.651. The quantitative estimate of drug-likeness (QED) is 0.527. The molecule has 2 atom stereocenters. The number of aryl methyl sites for hydroxylation is 1. The first-order valence-corrected chi connectivity index (χ1v) is 12.2. The number of hydrogen-bond acceptors (Lipinski definition) is 4. The molecule has 1 aromatic rings. The van der Waals surface area contributed by atoms with Gasteiger partial charge in [0.2, 0.25) is 17.7 Å². The van der Waals surface area contributed by atoms with Crippen LogP contribution in [-0.2, 0) is 14.4 Å². The maximum Gasteiger partial charge on any atom is 0.327 e. The number of rotatable bonds is 10. The molecule has 3 rings (SSSR count). The van der Waals surface area contributed by atoms with Crippen LogP contribution in [0.4, 0.5) is 10.5 Å². The van der Waals surface area contributed by atoms with Crippen molar-refractivity contribution in [2.75, 3.05) is 25.0 Å². The minimum absolute atomic E-state index is 0.00469. The third-order valence-electron chi connectivity index (χ3n) is 6.41. The second-order valence-corrected chi connectivity index (χ2v) is 9.08. The van der Waals surface area contributed by atoms with Crippen LogP contribution in [0.15, 0.2) is 24.3 Å². The number of anilines is 1. The van der Waals surface area contributed by atoms with Crippen molar-refractivity contribution in [3.05, 3.63) is 29.8 Å². The Balaban J connectivity index is 1.62. The van der Waals surface area contributed by atoms with Crippen molar-refractivity contribution in [3.8, 4) is 0 Å². The molecule has 33 heavy (non-hydrogen) atoms. The van der Waals surface area contributed by atoms with E-state index in [1.807, 2.05) is 38.1 Å². The number of fused-ring (bicyclic) bond motifs is 1. The van der Waals surface area contributed by atoms with Crippen LogP contribution in [-0.4, -0.2) is 59.2 Å². The SMILES string of the molecule is CCCNC(=O)CCCCN1C(=O)C2CCCCC2N(CC(=O)Nc2cccc(C)c2)C1=O. The highest BCUT2D eigenvalue weighted by molar-refractivity contribution is 6.01. The Morgan fingerprint density at radius 2 is 1.88 bits per heavy atom. The smallest absolute Gasteiger partial charge is 0.327 e. The van der Waals surface area contributed by atoms with Gasteiger partial charge in [-0.1, -0.05) is 31.9 Å². The number of imide groups is 1. The summed E-state index contributed by atoms with van der Waals surface area (Å²) in [6.07, 6.45) is 5.82. The summed E-state index contributed by atoms with van der Waals surface area (Å²) in [6, 6.07) is 6.91. The highest BCUT2D eigenvalue weighted by Gasteiger charge is 2.47. The molecule has 1 heterocycles. The molecule has 0 spiro atoms. The molecule has 2 N–H and O–H groups in total. The minimum atomic E-state index is -0.391. The average Bonchev–Trinajstić information content (AvgIpc) is 2.80. The number of urea groups is 1. The number of unbranched alkanes of at least 4 members (excludes halogenated alkanes) is 1. The molecule has 8 heteroatoms. The van der Waals surface area contributed by atoms with Crippen LogP contribution < -0.4 is 10.6 Å². The normalized spacial score (nSPS) is 20.4. The lowest BCUT2D eigenvalue weighted by molar-refractivity contribution is -0.141. The van der Waals surface area contributed by atoms with Gasteiger partial charge in [0.15, 0.2) is 0 Å². The lowest BCUT2D eigenvalue weighted by atomic mass is 9.81. The molecule has 2 unspecified atom stereocenters. The van der Waals surface area contributed by atoms with Gasteiger partial charge in [0, 0.05) is 31.2 Å². The van der Waals surface area contributed by atoms with Gasteiger partial charge in [-0.3, -0.25) is 19.3 Å². The summed E-state index contributed by atoms with van der Waals surface area (Å²) in [4.78, 5) is 53.8. The predicted octanol–water partition coefficient (Wildman–Crippen LogP) is 3.45. The van der Waals surface area contributed by atoms with Crippen LogP contribution in [0.3, 0.4) is 0 Å². The Bertz CT molecular complexity index is 872. The van der Waals surface area contributed by atoms with E-state index in [1.165, 1.54) is 4.90 Å². The topological polar surface area (TPSA) is 98.8 Å². The van der Waals surface area contributed by atoms with Crippen molar-refractivity contribution in [1.29, 1.82) is 0 Å². The highest BCUT2D eigenvalue weighted by atomic mass is 16.2. The summed E-state index contributed by atoms with van der Waals surface area (Å²) in [7, 11) is 0. The average molecular weight is 457 g/mol. The van der Waals surface area contributed by atoms with E-state index >= 15 is 0 Å². The number of carbonyl (C=O) groups excluding carboxylic acids is 4. The van der Waals surface area contributed by atoms with E-state index in [-0.39, 0.29) is 42.8 Å². The van der Waals surface area contributed by atoms with Crippen LogP contribution in [0.5, 0.6) is 0 Å². The van der Waals surface area contributed by atoms with Crippen LogP contribution in [0.25, 0.3) is 0 Å². The fourth-order valence-electron chi connectivity index (χ4n) is 4.74. The number of amides is 5. The number of nitrogens with zero attached hydrogens (tertiary/aromatic N) is 2. The summed E-state index contributed by atoms with van der Waals surface area (Å²) >= 11 is 0. The lowest BCUT2D eigenvalue weighted by Gasteiger charge is -2.46. The van der Waals surface area contributed by atoms with Gasteiger partial charge in [-0.2, -0.15) is 0 Å². The molecule has 8 nitrogen and oxygen atoms in total. The van der Waals surface area contributed by atoms with Gasteiger partial charge in [-0.15, -0.1) is 0 Å². The second-order valence-electron chi connectivity index (χ2n) is 9.08. The Labute approximate surface area is 196 Å². The predicted molar refractivity (Wildman–Crippen MR) is 127 cm³/mol. The molecule has 5 amide bonds. The molecular weight excluding hydrogens is 420 g/mol. The van der Waals surface area contributed by atoms with Crippen molar-refractivity contribution >= 4 is 29.4 Å². The van der Waals surface area contributed by atoms with Crippen molar-refractivity contribution in [3.63, 3.8) is 0 Å². The standard InChI is InChI=1S/C25H36N4O4/c1-3-14-26-22(30)13-6-7-15-28-24(32)20-11-4-5-12-21(20)29(25(28)33)17-23(31)27-19-10-8-9-18(2)16-19/h8-10,16,20-21H,3-7,11-15,17H2,1-2H3,(H,26,30)(H,27,31). The van der Waals surface area contributed by atoms with Gasteiger partial charge < -0.3 is 15.5 Å². The molecule has 1 saturated heterocycles. The first-order valence-electron chi connectivity index (χ1n) is 12.2. The van der Waals surface area contributed by atoms with Crippen molar-refractivity contribution in [1.82, 2.24) is 15.1 Å². The van der Waals surface area contributed by atoms with E-state index in [0.717, 1.165) is 37.7 Å². The monoisotopic (exact) mass is 456 g/mol. The Hall–Kier alpha value is -2.90. The number of nitrogens with one attached hydrogen (secondary N) is 2. The number of benzene rings is 1. The molecule has 1 aromatic carbocycles. The van der Waals surface area contributed by atoms with Crippen LogP contribution in [0.1, 0.15) is 63.9 Å². The molecule has 1 aliphatic heterocycles. The fraction of sp³-hybridized carbons (Fsp3) is 0.600. The molecular formula is C25H36N4O4. The molecule has 0 bridgehead atoms. The largest absolute Gasteiger partial charge is 0.356 e. The maximum absolute atomic E-state index is 13.3. The zero-order valence-corrected chi connectivity index (χ0v) is 19.8. The minimum Gasteiger partial charge on any atom is -0.356 e. The molecule has 180 valence electrons. The van der Waals surface area contributed by atoms with Gasteiger partial charge in [-0.25, -0.2) is 4.79 Å². The number of hydrogen-bond donors (Lipinski definition) is 2. The lowest BCUT2D eigenvalue weighted by Crippen LogP contribution is -2.63. The Morgan fingerprint density at radius 1 is 1.09 bits per heavy atom. The van der Waals surface area contributed by atoms with Gasteiger partial charge in [0.25, 0.3) is 0 Å². The van der Waals surface area contributed by atoms with Crippen LogP contribution in [0.2, 0.25) is 0 Å². The molecule has 0 radical (unpaired) electrons. The summed E-state index contributed by atoms with van der Waals surface area (Å²) < 4.78 is 0. The summed E-state index contributed by atoms with van der Waals surface area (Å²) in [5, 5.41) is 5.71. The van der Waals surface area contributed by atoms with E-state index in [0.29, 0.717) is 31.5 Å². The first kappa shape index (κ1) is 24.7. The molecule has 2 fully saturated rings. The summed E-state index contributed by atoms with van der Waals surface area (Å²) in [6.45, 7) is 4.81. The first-order chi connectivity index (χ1) is 15.9. The van der Waals surface area contributed by atoms with E-state index in [2.05, 4.69) is 10.6 Å². The zero-order valence-electron chi connectivity index (χ0n) is 19.8. The van der Waals surface area contributed by atoms with Crippen molar-refractivity contribution in [2.45, 2.75) is 71.3 Å². The van der Waals surface area contributed by atoms with Gasteiger partial charge in [0.1, 0.15) is 6.54 Å². The Morgan fingerprint density at radius 3 is 2.64 bits per heavy atom. The number of carbonyl (C=O) groups is 4. The van der Waals surface area contributed by atoms with Gasteiger partial charge >= 0.3 is 6.03 Å². The van der Waals surface area contributed by atoms with Crippen molar-refractivity contribution in [2.24, 2.45) is 5.92 Å². The molecule has 2 aliphatic rings.